The van der Waals surface area contributed by atoms with E-state index in [0.29, 0.717) is 24.0 Å². The normalized spacial score (nSPS) is 23.3. The average Bonchev–Trinajstić information content (AvgIpc) is 2.84. The van der Waals surface area contributed by atoms with Crippen molar-refractivity contribution in [3.05, 3.63) is 34.1 Å². The summed E-state index contributed by atoms with van der Waals surface area (Å²) in [5, 5.41) is 0.0642. The third-order valence-electron chi connectivity index (χ3n) is 4.93. The number of hydrogen-bond acceptors (Lipinski definition) is 4. The summed E-state index contributed by atoms with van der Waals surface area (Å²) < 4.78 is 36.8. The maximum atomic E-state index is 14.7. The minimum atomic E-state index is -3.02. The van der Waals surface area contributed by atoms with Crippen LogP contribution in [0.3, 0.4) is 0 Å². The average molecular weight is 403 g/mol. The molecule has 1 aromatic carbocycles. The fraction of sp³-hybridized carbons (Fsp3) is 0.471. The molecule has 1 aliphatic heterocycles. The van der Waals surface area contributed by atoms with E-state index >= 15 is 0 Å². The highest BCUT2D eigenvalue weighted by Crippen LogP contribution is 2.51. The Morgan fingerprint density at radius 2 is 2.08 bits per heavy atom. The number of halogens is 2. The number of carbonyl (C=O) groups excluding carboxylic acids is 1. The minimum Gasteiger partial charge on any atom is -0.495 e. The van der Waals surface area contributed by atoms with Gasteiger partial charge in [0.25, 0.3) is 5.91 Å². The van der Waals surface area contributed by atoms with Gasteiger partial charge in [0, 0.05) is 22.6 Å². The number of methoxy groups -OCH3 is 1. The Kier molecular flexibility index (Phi) is 5.35. The number of rotatable bonds is 5. The van der Waals surface area contributed by atoms with Crippen LogP contribution in [0.15, 0.2) is 23.3 Å². The van der Waals surface area contributed by atoms with E-state index in [1.54, 1.807) is 6.92 Å². The third kappa shape index (κ3) is 2.93. The van der Waals surface area contributed by atoms with Gasteiger partial charge in [0.05, 0.1) is 17.8 Å². The van der Waals surface area contributed by atoms with Crippen molar-refractivity contribution in [2.45, 2.75) is 44.8 Å². The van der Waals surface area contributed by atoms with Crippen LogP contribution in [-0.2, 0) is 13.9 Å². The lowest BCUT2D eigenvalue weighted by Gasteiger charge is -2.35. The molecule has 2 aliphatic rings. The SMILES string of the molecule is CCC1(O[P+](=O)O)C2=C(CCCC2)C(=O)N1c1cc(OC)c(Cl)cc1F. The highest BCUT2D eigenvalue weighted by molar-refractivity contribution is 7.32. The summed E-state index contributed by atoms with van der Waals surface area (Å²) in [6.07, 6.45) is 2.95. The first-order chi connectivity index (χ1) is 12.4. The first-order valence-electron chi connectivity index (χ1n) is 8.31. The van der Waals surface area contributed by atoms with Crippen LogP contribution in [0.4, 0.5) is 10.1 Å². The molecule has 0 aromatic heterocycles. The highest BCUT2D eigenvalue weighted by atomic mass is 35.5. The quantitative estimate of drug-likeness (QED) is 0.735. The molecular formula is C17H19ClFNO5P+. The van der Waals surface area contributed by atoms with Crippen molar-refractivity contribution >= 4 is 31.5 Å². The van der Waals surface area contributed by atoms with Crippen molar-refractivity contribution in [1.29, 1.82) is 0 Å². The van der Waals surface area contributed by atoms with E-state index in [0.717, 1.165) is 23.8 Å². The molecule has 9 heteroatoms. The van der Waals surface area contributed by atoms with Gasteiger partial charge in [0.2, 0.25) is 5.72 Å². The zero-order chi connectivity index (χ0) is 19.1. The van der Waals surface area contributed by atoms with Crippen LogP contribution in [0.1, 0.15) is 39.0 Å². The van der Waals surface area contributed by atoms with E-state index in [1.807, 2.05) is 0 Å². The van der Waals surface area contributed by atoms with Gasteiger partial charge in [0.15, 0.2) is 0 Å². The molecule has 3 rings (SSSR count). The van der Waals surface area contributed by atoms with Gasteiger partial charge in [-0.1, -0.05) is 23.0 Å². The van der Waals surface area contributed by atoms with Gasteiger partial charge in [-0.2, -0.15) is 0 Å². The van der Waals surface area contributed by atoms with Crippen LogP contribution < -0.4 is 9.64 Å². The topological polar surface area (TPSA) is 76.1 Å². The Morgan fingerprint density at radius 3 is 2.69 bits per heavy atom. The predicted octanol–water partition coefficient (Wildman–Crippen LogP) is 4.48. The van der Waals surface area contributed by atoms with Crippen molar-refractivity contribution in [2.24, 2.45) is 0 Å². The van der Waals surface area contributed by atoms with Crippen molar-refractivity contribution in [3.63, 3.8) is 0 Å². The van der Waals surface area contributed by atoms with Crippen molar-refractivity contribution in [2.75, 3.05) is 12.0 Å². The number of amides is 1. The molecule has 1 N–H and O–H groups in total. The van der Waals surface area contributed by atoms with Crippen molar-refractivity contribution in [3.8, 4) is 5.75 Å². The van der Waals surface area contributed by atoms with Gasteiger partial charge in [-0.15, -0.1) is 4.89 Å². The maximum Gasteiger partial charge on any atom is 0.697 e. The van der Waals surface area contributed by atoms with E-state index in [-0.39, 0.29) is 22.9 Å². The van der Waals surface area contributed by atoms with Crippen LogP contribution in [0.25, 0.3) is 0 Å². The largest absolute Gasteiger partial charge is 0.697 e. The zero-order valence-corrected chi connectivity index (χ0v) is 16.1. The highest BCUT2D eigenvalue weighted by Gasteiger charge is 2.58. The summed E-state index contributed by atoms with van der Waals surface area (Å²) in [5.74, 6) is -0.959. The molecule has 1 amide bonds. The van der Waals surface area contributed by atoms with Crippen LogP contribution in [-0.4, -0.2) is 23.6 Å². The Morgan fingerprint density at radius 1 is 1.38 bits per heavy atom. The van der Waals surface area contributed by atoms with Crippen LogP contribution >= 0.6 is 19.9 Å². The van der Waals surface area contributed by atoms with Gasteiger partial charge < -0.3 is 4.74 Å². The molecule has 0 spiro atoms. The summed E-state index contributed by atoms with van der Waals surface area (Å²) in [6, 6.07) is 2.37. The minimum absolute atomic E-state index is 0.0642. The van der Waals surface area contributed by atoms with E-state index in [2.05, 4.69) is 0 Å². The molecule has 1 aromatic rings. The zero-order valence-electron chi connectivity index (χ0n) is 14.4. The molecule has 0 saturated heterocycles. The summed E-state index contributed by atoms with van der Waals surface area (Å²) >= 11 is 5.96. The van der Waals surface area contributed by atoms with Crippen molar-refractivity contribution < 1.29 is 27.9 Å². The molecule has 0 radical (unpaired) electrons. The summed E-state index contributed by atoms with van der Waals surface area (Å²) in [4.78, 5) is 23.7. The Balaban J connectivity index is 2.22. The Hall–Kier alpha value is -1.53. The van der Waals surface area contributed by atoms with Gasteiger partial charge in [0.1, 0.15) is 11.6 Å². The molecule has 2 atom stereocenters. The standard InChI is InChI=1S/C17H18ClFNO5P/c1-3-17(25-26(22)23)11-7-5-4-6-10(11)16(21)20(17)14-9-15(24-2)12(18)8-13(14)19/h8-9H,3-7H2,1-2H3/p+1. The smallest absolute Gasteiger partial charge is 0.495 e. The monoisotopic (exact) mass is 402 g/mol. The molecule has 26 heavy (non-hydrogen) atoms. The first-order valence-corrected chi connectivity index (χ1v) is 9.82. The summed E-state index contributed by atoms with van der Waals surface area (Å²) in [5.41, 5.74) is -0.399. The van der Waals surface area contributed by atoms with Gasteiger partial charge in [-0.3, -0.25) is 9.69 Å². The molecular weight excluding hydrogens is 384 g/mol. The Labute approximate surface area is 156 Å². The van der Waals surface area contributed by atoms with Gasteiger partial charge >= 0.3 is 8.25 Å². The lowest BCUT2D eigenvalue weighted by atomic mass is 9.87. The second-order valence-electron chi connectivity index (χ2n) is 6.21. The second-order valence-corrected chi connectivity index (χ2v) is 7.28. The molecule has 0 saturated carbocycles. The number of anilines is 1. The summed E-state index contributed by atoms with van der Waals surface area (Å²) in [7, 11) is -1.64. The number of ether oxygens (including phenoxy) is 1. The second kappa shape index (κ2) is 7.24. The van der Waals surface area contributed by atoms with E-state index in [4.69, 9.17) is 20.9 Å². The summed E-state index contributed by atoms with van der Waals surface area (Å²) in [6.45, 7) is 1.73. The van der Waals surface area contributed by atoms with Crippen molar-refractivity contribution in [1.82, 2.24) is 0 Å². The van der Waals surface area contributed by atoms with E-state index < -0.39 is 25.7 Å². The van der Waals surface area contributed by atoms with Crippen LogP contribution in [0.5, 0.6) is 5.75 Å². The van der Waals surface area contributed by atoms with Crippen LogP contribution in [0, 0.1) is 5.82 Å². The Bertz CT molecular complexity index is 815. The van der Waals surface area contributed by atoms with Gasteiger partial charge in [-0.05, 0) is 37.3 Å². The fourth-order valence-corrected chi connectivity index (χ4v) is 4.62. The lowest BCUT2D eigenvalue weighted by molar-refractivity contribution is -0.116. The number of benzene rings is 1. The number of carbonyl (C=O) groups is 1. The first kappa shape index (κ1) is 19.2. The maximum absolute atomic E-state index is 14.7. The molecule has 0 bridgehead atoms. The molecule has 140 valence electrons. The lowest BCUT2D eigenvalue weighted by Crippen LogP contribution is -2.49. The molecule has 2 unspecified atom stereocenters. The molecule has 1 heterocycles. The number of hydrogen-bond donors (Lipinski definition) is 1. The fourth-order valence-electron chi connectivity index (χ4n) is 3.82. The predicted molar refractivity (Wildman–Crippen MR) is 94.9 cm³/mol. The molecule has 0 fully saturated rings. The van der Waals surface area contributed by atoms with Gasteiger partial charge in [-0.25, -0.2) is 4.39 Å². The molecule has 6 nitrogen and oxygen atoms in total. The van der Waals surface area contributed by atoms with E-state index in [9.17, 15) is 18.6 Å². The van der Waals surface area contributed by atoms with E-state index in [1.165, 1.54) is 13.2 Å². The molecule has 1 aliphatic carbocycles. The van der Waals surface area contributed by atoms with Crippen LogP contribution in [0.2, 0.25) is 5.02 Å². The third-order valence-corrected chi connectivity index (χ3v) is 5.69. The number of nitrogens with zero attached hydrogens (tertiary/aromatic N) is 1.